The van der Waals surface area contributed by atoms with Gasteiger partial charge in [0.2, 0.25) is 0 Å². The maximum atomic E-state index is 12.2. The van der Waals surface area contributed by atoms with Crippen LogP contribution in [0.15, 0.2) is 30.9 Å². The summed E-state index contributed by atoms with van der Waals surface area (Å²) in [5.74, 6) is -1.24. The smallest absolute Gasteiger partial charge is 0.335 e. The molecule has 1 aromatic heterocycles. The lowest BCUT2D eigenvalue weighted by Crippen LogP contribution is -2.56. The van der Waals surface area contributed by atoms with E-state index in [9.17, 15) is 15.0 Å². The molecule has 2 unspecified atom stereocenters. The molecule has 0 fully saturated rings. The number of rotatable bonds is 4. The van der Waals surface area contributed by atoms with E-state index in [2.05, 4.69) is 10.1 Å². The molecule has 0 spiro atoms. The summed E-state index contributed by atoms with van der Waals surface area (Å²) >= 11 is 12.0. The minimum atomic E-state index is -1.80. The molecule has 0 saturated heterocycles. The Hall–Kier alpha value is -1.63. The third kappa shape index (κ3) is 2.82. The molecule has 0 saturated carbocycles. The van der Waals surface area contributed by atoms with Crippen molar-refractivity contribution in [3.63, 3.8) is 0 Å². The van der Waals surface area contributed by atoms with Crippen molar-refractivity contribution in [2.24, 2.45) is 5.41 Å². The van der Waals surface area contributed by atoms with Crippen molar-refractivity contribution < 1.29 is 15.0 Å². The highest BCUT2D eigenvalue weighted by Crippen LogP contribution is 2.47. The molecule has 23 heavy (non-hydrogen) atoms. The number of carboxylic acids is 1. The molecule has 6 nitrogen and oxygen atoms in total. The average molecular weight is 358 g/mol. The van der Waals surface area contributed by atoms with Crippen LogP contribution >= 0.6 is 23.2 Å². The summed E-state index contributed by atoms with van der Waals surface area (Å²) in [6, 6.07) is 4.51. The Bertz CT molecular complexity index is 713. The highest BCUT2D eigenvalue weighted by Gasteiger charge is 2.57. The largest absolute Gasteiger partial charge is 0.479 e. The summed E-state index contributed by atoms with van der Waals surface area (Å²) in [5, 5.41) is 25.5. The number of carboxylic acid groups (broad SMARTS) is 1. The van der Waals surface area contributed by atoms with Crippen LogP contribution in [0.1, 0.15) is 32.4 Å². The fraction of sp³-hybridized carbons (Fsp3) is 0.400. The molecule has 0 aliphatic carbocycles. The number of benzene rings is 1. The maximum Gasteiger partial charge on any atom is 0.335 e. The summed E-state index contributed by atoms with van der Waals surface area (Å²) < 4.78 is 1.16. The summed E-state index contributed by atoms with van der Waals surface area (Å²) in [6.45, 7) is 5.11. The van der Waals surface area contributed by atoms with Crippen LogP contribution in [-0.2, 0) is 10.3 Å². The highest BCUT2D eigenvalue weighted by molar-refractivity contribution is 6.35. The van der Waals surface area contributed by atoms with Gasteiger partial charge in [-0.15, -0.1) is 0 Å². The van der Waals surface area contributed by atoms with Crippen LogP contribution in [0.2, 0.25) is 10.0 Å². The quantitative estimate of drug-likeness (QED) is 0.877. The fourth-order valence-electron chi connectivity index (χ4n) is 2.75. The number of nitrogens with zero attached hydrogens (tertiary/aromatic N) is 3. The molecule has 0 amide bonds. The van der Waals surface area contributed by atoms with Gasteiger partial charge in [0.1, 0.15) is 18.8 Å². The average Bonchev–Trinajstić information content (AvgIpc) is 2.91. The lowest BCUT2D eigenvalue weighted by atomic mass is 9.68. The second-order valence-electron chi connectivity index (χ2n) is 6.23. The van der Waals surface area contributed by atoms with Crippen molar-refractivity contribution in [3.05, 3.63) is 46.5 Å². The van der Waals surface area contributed by atoms with E-state index in [0.29, 0.717) is 5.02 Å². The number of aromatic nitrogens is 3. The molecule has 8 heteroatoms. The number of aliphatic hydroxyl groups is 1. The van der Waals surface area contributed by atoms with Crippen LogP contribution in [0, 0.1) is 5.41 Å². The van der Waals surface area contributed by atoms with E-state index in [0.717, 1.165) is 4.68 Å². The van der Waals surface area contributed by atoms with Gasteiger partial charge in [-0.05, 0) is 12.1 Å². The Morgan fingerprint density at radius 3 is 2.39 bits per heavy atom. The number of carbonyl (C=O) groups is 1. The maximum absolute atomic E-state index is 12.2. The third-order valence-electron chi connectivity index (χ3n) is 3.90. The van der Waals surface area contributed by atoms with Gasteiger partial charge in [-0.1, -0.05) is 50.0 Å². The Morgan fingerprint density at radius 2 is 1.96 bits per heavy atom. The Labute approximate surface area is 143 Å². The molecule has 0 radical (unpaired) electrons. The molecule has 2 aromatic rings. The van der Waals surface area contributed by atoms with Crippen LogP contribution in [0.3, 0.4) is 0 Å². The third-order valence-corrected chi connectivity index (χ3v) is 4.46. The summed E-state index contributed by atoms with van der Waals surface area (Å²) in [5.41, 5.74) is -2.46. The van der Waals surface area contributed by atoms with E-state index in [-0.39, 0.29) is 10.6 Å². The minimum Gasteiger partial charge on any atom is -0.479 e. The number of aliphatic hydroxyl groups excluding tert-OH is 1. The molecule has 2 N–H and O–H groups in total. The van der Waals surface area contributed by atoms with Crippen molar-refractivity contribution in [3.8, 4) is 0 Å². The highest BCUT2D eigenvalue weighted by atomic mass is 35.5. The van der Waals surface area contributed by atoms with Crippen LogP contribution in [0.25, 0.3) is 0 Å². The van der Waals surface area contributed by atoms with Gasteiger partial charge in [-0.2, -0.15) is 5.10 Å². The fourth-order valence-corrected chi connectivity index (χ4v) is 3.27. The van der Waals surface area contributed by atoms with Gasteiger partial charge in [0.05, 0.1) is 0 Å². The molecule has 2 rings (SSSR count). The van der Waals surface area contributed by atoms with Crippen molar-refractivity contribution in [1.82, 2.24) is 14.8 Å². The number of hydrogen-bond donors (Lipinski definition) is 2. The van der Waals surface area contributed by atoms with Crippen molar-refractivity contribution in [2.45, 2.75) is 32.4 Å². The molecule has 1 aromatic carbocycles. The van der Waals surface area contributed by atoms with E-state index in [1.807, 2.05) is 0 Å². The predicted molar refractivity (Wildman–Crippen MR) is 86.5 cm³/mol. The number of hydrogen-bond acceptors (Lipinski definition) is 4. The molecule has 0 aliphatic rings. The van der Waals surface area contributed by atoms with Gasteiger partial charge >= 0.3 is 5.97 Å². The van der Waals surface area contributed by atoms with E-state index in [1.165, 1.54) is 24.8 Å². The summed E-state index contributed by atoms with van der Waals surface area (Å²) in [7, 11) is 0. The molecule has 124 valence electrons. The zero-order valence-corrected chi connectivity index (χ0v) is 14.4. The first kappa shape index (κ1) is 17.7. The van der Waals surface area contributed by atoms with Gasteiger partial charge in [0.25, 0.3) is 0 Å². The normalized spacial score (nSPS) is 15.9. The van der Waals surface area contributed by atoms with Gasteiger partial charge in [-0.3, -0.25) is 0 Å². The molecular weight excluding hydrogens is 341 g/mol. The van der Waals surface area contributed by atoms with E-state index in [4.69, 9.17) is 23.2 Å². The Kier molecular flexibility index (Phi) is 4.71. The Morgan fingerprint density at radius 1 is 1.30 bits per heavy atom. The van der Waals surface area contributed by atoms with Crippen molar-refractivity contribution >= 4 is 29.2 Å². The van der Waals surface area contributed by atoms with Crippen LogP contribution in [-0.4, -0.2) is 30.9 Å². The van der Waals surface area contributed by atoms with Gasteiger partial charge in [-0.25, -0.2) is 14.5 Å². The monoisotopic (exact) mass is 357 g/mol. The molecule has 1 heterocycles. The van der Waals surface area contributed by atoms with Crippen LogP contribution in [0.4, 0.5) is 0 Å². The number of halogens is 2. The minimum absolute atomic E-state index is 0.181. The topological polar surface area (TPSA) is 88.2 Å². The number of aliphatic carboxylic acids is 1. The zero-order chi connectivity index (χ0) is 17.4. The van der Waals surface area contributed by atoms with Crippen LogP contribution < -0.4 is 0 Å². The van der Waals surface area contributed by atoms with E-state index in [1.54, 1.807) is 26.8 Å². The van der Waals surface area contributed by atoms with Gasteiger partial charge in [0, 0.05) is 21.0 Å². The molecular formula is C15H17Cl2N3O3. The summed E-state index contributed by atoms with van der Waals surface area (Å²) in [4.78, 5) is 16.1. The van der Waals surface area contributed by atoms with E-state index < -0.39 is 23.0 Å². The second-order valence-corrected chi connectivity index (χ2v) is 7.07. The van der Waals surface area contributed by atoms with Gasteiger partial charge < -0.3 is 10.2 Å². The molecule has 0 bridgehead atoms. The zero-order valence-electron chi connectivity index (χ0n) is 12.9. The first-order valence-corrected chi connectivity index (χ1v) is 7.59. The first-order valence-electron chi connectivity index (χ1n) is 6.84. The van der Waals surface area contributed by atoms with Crippen molar-refractivity contribution in [2.75, 3.05) is 0 Å². The van der Waals surface area contributed by atoms with E-state index >= 15 is 0 Å². The standard InChI is InChI=1S/C15H17Cl2N3O3/c1-14(2,3)15(13(22)23,20-8-18-7-19-20)12(21)10-5-4-9(16)6-11(10)17/h4-8,12,21H,1-3H3,(H,22,23). The lowest BCUT2D eigenvalue weighted by molar-refractivity contribution is -0.167. The van der Waals surface area contributed by atoms with Gasteiger partial charge in [0.15, 0.2) is 5.54 Å². The molecule has 0 aliphatic heterocycles. The SMILES string of the molecule is CC(C)(C)C(C(=O)O)(C(O)c1ccc(Cl)cc1Cl)n1cncn1. The van der Waals surface area contributed by atoms with Crippen LogP contribution in [0.5, 0.6) is 0 Å². The predicted octanol–water partition coefficient (Wildman–Crippen LogP) is 3.14. The lowest BCUT2D eigenvalue weighted by Gasteiger charge is -2.44. The second kappa shape index (κ2) is 6.11. The Balaban J connectivity index is 2.74. The molecule has 2 atom stereocenters. The first-order chi connectivity index (χ1) is 10.6. The van der Waals surface area contributed by atoms with Crippen molar-refractivity contribution in [1.29, 1.82) is 0 Å². The summed E-state index contributed by atoms with van der Waals surface area (Å²) in [6.07, 6.45) is 1.03.